The van der Waals surface area contributed by atoms with Crippen molar-refractivity contribution in [3.05, 3.63) is 65.2 Å². The highest BCUT2D eigenvalue weighted by Gasteiger charge is 2.15. The molecule has 0 bridgehead atoms. The van der Waals surface area contributed by atoms with E-state index in [0.717, 1.165) is 12.8 Å². The van der Waals surface area contributed by atoms with Crippen molar-refractivity contribution in [3.63, 3.8) is 0 Å². The number of carboxylic acid groups (broad SMARTS) is 1. The van der Waals surface area contributed by atoms with Crippen molar-refractivity contribution in [1.29, 1.82) is 0 Å². The van der Waals surface area contributed by atoms with Gasteiger partial charge < -0.3 is 20.6 Å². The van der Waals surface area contributed by atoms with Crippen molar-refractivity contribution in [2.75, 3.05) is 6.54 Å². The number of nitrogens with one attached hydrogen (secondary N) is 1. The predicted octanol–water partition coefficient (Wildman–Crippen LogP) is 2.73. The maximum absolute atomic E-state index is 11.0. The Kier molecular flexibility index (Phi) is 6.35. The number of carbonyl (C=O) groups is 1. The number of hydrogen-bond acceptors (Lipinski definition) is 4. The Morgan fingerprint density at radius 2 is 1.88 bits per heavy atom. The molecule has 128 valence electrons. The molecule has 0 aliphatic rings. The Hall–Kier alpha value is -2.37. The molecule has 0 heterocycles. The van der Waals surface area contributed by atoms with Crippen molar-refractivity contribution in [2.24, 2.45) is 0 Å². The summed E-state index contributed by atoms with van der Waals surface area (Å²) in [6.45, 7) is 2.37. The quantitative estimate of drug-likeness (QED) is 0.598. The van der Waals surface area contributed by atoms with E-state index in [9.17, 15) is 15.0 Å². The molecule has 0 aliphatic carbocycles. The number of hydrogen-bond donors (Lipinski definition) is 4. The second kappa shape index (κ2) is 8.47. The van der Waals surface area contributed by atoms with Crippen LogP contribution in [0.1, 0.15) is 40.9 Å². The molecule has 0 aromatic heterocycles. The lowest BCUT2D eigenvalue weighted by Gasteiger charge is -2.18. The van der Waals surface area contributed by atoms with E-state index < -0.39 is 12.1 Å². The average Bonchev–Trinajstić information content (AvgIpc) is 2.59. The standard InChI is InChI=1S/C19H23NO4/c1-13(7-8-14-5-3-2-4-6-14)20-12-18(22)15-9-10-17(21)16(11-15)19(23)24/h2-6,9-11,13,18,20-22H,7-8,12H2,1H3,(H,23,24)/t13-,18-/m1/s1. The van der Waals surface area contributed by atoms with E-state index in [2.05, 4.69) is 24.4 Å². The molecule has 0 aliphatic heterocycles. The fourth-order valence-electron chi connectivity index (χ4n) is 2.49. The lowest BCUT2D eigenvalue weighted by atomic mass is 10.0. The summed E-state index contributed by atoms with van der Waals surface area (Å²) in [5, 5.41) is 32.0. The van der Waals surface area contributed by atoms with Crippen LogP contribution in [-0.4, -0.2) is 33.9 Å². The Balaban J connectivity index is 1.85. The minimum atomic E-state index is -1.22. The summed E-state index contributed by atoms with van der Waals surface area (Å²) in [5.41, 5.74) is 1.54. The first kappa shape index (κ1) is 18.0. The molecule has 2 rings (SSSR count). The molecule has 2 atom stereocenters. The van der Waals surface area contributed by atoms with Gasteiger partial charge in [0.05, 0.1) is 6.10 Å². The third-order valence-electron chi connectivity index (χ3n) is 4.00. The van der Waals surface area contributed by atoms with E-state index in [0.29, 0.717) is 12.1 Å². The van der Waals surface area contributed by atoms with Crippen molar-refractivity contribution in [2.45, 2.75) is 31.9 Å². The molecule has 0 saturated carbocycles. The SMILES string of the molecule is C[C@H](CCc1ccccc1)NC[C@@H](O)c1ccc(O)c(C(=O)O)c1. The van der Waals surface area contributed by atoms with Gasteiger partial charge in [-0.25, -0.2) is 4.79 Å². The molecule has 0 radical (unpaired) electrons. The molecule has 2 aromatic carbocycles. The van der Waals surface area contributed by atoms with Crippen LogP contribution < -0.4 is 5.32 Å². The van der Waals surface area contributed by atoms with Crippen molar-refractivity contribution >= 4 is 5.97 Å². The highest BCUT2D eigenvalue weighted by molar-refractivity contribution is 5.90. The Labute approximate surface area is 141 Å². The Morgan fingerprint density at radius 1 is 1.17 bits per heavy atom. The topological polar surface area (TPSA) is 89.8 Å². The van der Waals surface area contributed by atoms with Gasteiger partial charge in [0.1, 0.15) is 11.3 Å². The number of aromatic hydroxyl groups is 1. The third kappa shape index (κ3) is 5.08. The Morgan fingerprint density at radius 3 is 2.54 bits per heavy atom. The van der Waals surface area contributed by atoms with Crippen LogP contribution in [0.3, 0.4) is 0 Å². The number of phenols is 1. The summed E-state index contributed by atoms with van der Waals surface area (Å²) in [5.74, 6) is -1.52. The van der Waals surface area contributed by atoms with E-state index in [-0.39, 0.29) is 17.4 Å². The lowest BCUT2D eigenvalue weighted by Crippen LogP contribution is -2.30. The van der Waals surface area contributed by atoms with Gasteiger partial charge in [-0.05, 0) is 43.0 Å². The monoisotopic (exact) mass is 329 g/mol. The van der Waals surface area contributed by atoms with Gasteiger partial charge in [0, 0.05) is 12.6 Å². The van der Waals surface area contributed by atoms with Gasteiger partial charge in [0.25, 0.3) is 0 Å². The molecule has 4 N–H and O–H groups in total. The first-order valence-corrected chi connectivity index (χ1v) is 7.99. The molecule has 5 nitrogen and oxygen atoms in total. The van der Waals surface area contributed by atoms with E-state index in [1.54, 1.807) is 0 Å². The fraction of sp³-hybridized carbons (Fsp3) is 0.316. The van der Waals surface area contributed by atoms with Crippen LogP contribution in [0.2, 0.25) is 0 Å². The summed E-state index contributed by atoms with van der Waals surface area (Å²) in [6, 6.07) is 14.5. The molecular weight excluding hydrogens is 306 g/mol. The first-order valence-electron chi connectivity index (χ1n) is 7.99. The number of aliphatic hydroxyl groups excluding tert-OH is 1. The Bertz CT molecular complexity index is 672. The van der Waals surface area contributed by atoms with Crippen LogP contribution in [0.15, 0.2) is 48.5 Å². The summed E-state index contributed by atoms with van der Waals surface area (Å²) in [4.78, 5) is 11.0. The zero-order valence-corrected chi connectivity index (χ0v) is 13.6. The normalized spacial score (nSPS) is 13.4. The van der Waals surface area contributed by atoms with Crippen LogP contribution in [0.4, 0.5) is 0 Å². The molecule has 0 saturated heterocycles. The molecule has 24 heavy (non-hydrogen) atoms. The van der Waals surface area contributed by atoms with Crippen LogP contribution in [0.5, 0.6) is 5.75 Å². The van der Waals surface area contributed by atoms with Gasteiger partial charge in [-0.2, -0.15) is 0 Å². The molecule has 0 fully saturated rings. The van der Waals surface area contributed by atoms with Crippen molar-refractivity contribution in [3.8, 4) is 5.75 Å². The van der Waals surface area contributed by atoms with Crippen LogP contribution in [0.25, 0.3) is 0 Å². The third-order valence-corrected chi connectivity index (χ3v) is 4.00. The molecule has 5 heteroatoms. The highest BCUT2D eigenvalue weighted by atomic mass is 16.4. The largest absolute Gasteiger partial charge is 0.507 e. The number of aryl methyl sites for hydroxylation is 1. The van der Waals surface area contributed by atoms with Crippen LogP contribution in [-0.2, 0) is 6.42 Å². The molecular formula is C19H23NO4. The van der Waals surface area contributed by atoms with E-state index in [1.165, 1.54) is 23.8 Å². The van der Waals surface area contributed by atoms with Gasteiger partial charge >= 0.3 is 5.97 Å². The van der Waals surface area contributed by atoms with Gasteiger partial charge in [0.2, 0.25) is 0 Å². The van der Waals surface area contributed by atoms with E-state index >= 15 is 0 Å². The van der Waals surface area contributed by atoms with Gasteiger partial charge in [-0.3, -0.25) is 0 Å². The van der Waals surface area contributed by atoms with Gasteiger partial charge in [-0.15, -0.1) is 0 Å². The number of carboxylic acids is 1. The summed E-state index contributed by atoms with van der Waals surface area (Å²) in [7, 11) is 0. The van der Waals surface area contributed by atoms with Gasteiger partial charge in [-0.1, -0.05) is 36.4 Å². The van der Waals surface area contributed by atoms with E-state index in [1.807, 2.05) is 18.2 Å². The minimum Gasteiger partial charge on any atom is -0.507 e. The van der Waals surface area contributed by atoms with E-state index in [4.69, 9.17) is 5.11 Å². The number of rotatable bonds is 8. The zero-order chi connectivity index (χ0) is 17.5. The highest BCUT2D eigenvalue weighted by Crippen LogP contribution is 2.22. The van der Waals surface area contributed by atoms with Gasteiger partial charge in [0.15, 0.2) is 0 Å². The zero-order valence-electron chi connectivity index (χ0n) is 13.6. The maximum atomic E-state index is 11.0. The second-order valence-electron chi connectivity index (χ2n) is 5.93. The molecule has 0 amide bonds. The van der Waals surface area contributed by atoms with Crippen molar-refractivity contribution < 1.29 is 20.1 Å². The summed E-state index contributed by atoms with van der Waals surface area (Å²) in [6.07, 6.45) is 1.06. The number of aliphatic hydroxyl groups is 1. The number of aromatic carboxylic acids is 1. The molecule has 0 spiro atoms. The fourth-order valence-corrected chi connectivity index (χ4v) is 2.49. The van der Waals surface area contributed by atoms with Crippen LogP contribution >= 0.6 is 0 Å². The van der Waals surface area contributed by atoms with Crippen molar-refractivity contribution in [1.82, 2.24) is 5.32 Å². The summed E-state index contributed by atoms with van der Waals surface area (Å²) < 4.78 is 0. The minimum absolute atomic E-state index is 0.205. The molecule has 2 aromatic rings. The summed E-state index contributed by atoms with van der Waals surface area (Å²) >= 11 is 0. The smallest absolute Gasteiger partial charge is 0.339 e. The second-order valence-corrected chi connectivity index (χ2v) is 5.93. The number of benzene rings is 2. The van der Waals surface area contributed by atoms with Crippen LogP contribution in [0, 0.1) is 0 Å². The average molecular weight is 329 g/mol. The molecule has 0 unspecified atom stereocenters. The lowest BCUT2D eigenvalue weighted by molar-refractivity contribution is 0.0693. The first-order chi connectivity index (χ1) is 11.5. The maximum Gasteiger partial charge on any atom is 0.339 e. The predicted molar refractivity (Wildman–Crippen MR) is 92.3 cm³/mol.